The lowest BCUT2D eigenvalue weighted by molar-refractivity contribution is -0.147. The van der Waals surface area contributed by atoms with Gasteiger partial charge in [0.1, 0.15) is 6.04 Å². The summed E-state index contributed by atoms with van der Waals surface area (Å²) in [5.74, 6) is -1.69. The Hall–Kier alpha value is -2.83. The number of nitriles is 2. The van der Waals surface area contributed by atoms with E-state index in [2.05, 4.69) is 23.2 Å². The van der Waals surface area contributed by atoms with Crippen LogP contribution in [0.1, 0.15) is 17.3 Å². The lowest BCUT2D eigenvalue weighted by Crippen LogP contribution is -2.43. The van der Waals surface area contributed by atoms with Crippen LogP contribution in [0.25, 0.3) is 10.9 Å². The first-order valence-corrected chi connectivity index (χ1v) is 7.93. The molecular weight excluding hydrogens is 304 g/mol. The number of nitrogens with zero attached hydrogens (tertiary/aromatic N) is 3. The Balaban J connectivity index is 1.89. The van der Waals surface area contributed by atoms with E-state index in [0.29, 0.717) is 6.54 Å². The normalized spacial score (nSPS) is 28.6. The second-order valence-electron chi connectivity index (χ2n) is 6.27. The van der Waals surface area contributed by atoms with Crippen LogP contribution in [0.15, 0.2) is 24.3 Å². The van der Waals surface area contributed by atoms with Crippen molar-refractivity contribution in [1.29, 1.82) is 10.5 Å². The van der Waals surface area contributed by atoms with E-state index in [0.717, 1.165) is 23.0 Å². The summed E-state index contributed by atoms with van der Waals surface area (Å²) in [7, 11) is 1.32. The molecule has 0 amide bonds. The van der Waals surface area contributed by atoms with Crippen molar-refractivity contribution in [1.82, 2.24) is 9.88 Å². The average molecular weight is 320 g/mol. The van der Waals surface area contributed by atoms with Crippen LogP contribution in [0, 0.1) is 34.5 Å². The molecule has 6 nitrogen and oxygen atoms in total. The van der Waals surface area contributed by atoms with E-state index in [-0.39, 0.29) is 6.04 Å². The molecule has 1 N–H and O–H groups in total. The number of H-pyrrole nitrogens is 1. The highest BCUT2D eigenvalue weighted by atomic mass is 16.5. The molecule has 0 radical (unpaired) electrons. The summed E-state index contributed by atoms with van der Waals surface area (Å²) in [6.45, 7) is 0.635. The van der Waals surface area contributed by atoms with Crippen molar-refractivity contribution < 1.29 is 9.53 Å². The van der Waals surface area contributed by atoms with Gasteiger partial charge in [-0.25, -0.2) is 0 Å². The number of esters is 1. The highest BCUT2D eigenvalue weighted by molar-refractivity contribution is 5.85. The van der Waals surface area contributed by atoms with Gasteiger partial charge in [-0.3, -0.25) is 9.69 Å². The van der Waals surface area contributed by atoms with E-state index >= 15 is 0 Å². The molecule has 6 heteroatoms. The molecule has 1 fully saturated rings. The third kappa shape index (κ3) is 1.81. The predicted molar refractivity (Wildman–Crippen MR) is 85.5 cm³/mol. The van der Waals surface area contributed by atoms with Gasteiger partial charge in [-0.1, -0.05) is 18.2 Å². The molecule has 1 aromatic carbocycles. The Labute approximate surface area is 139 Å². The molecule has 1 saturated heterocycles. The molecule has 2 aliphatic rings. The van der Waals surface area contributed by atoms with Gasteiger partial charge in [0.15, 0.2) is 0 Å². The number of para-hydroxylation sites is 1. The van der Waals surface area contributed by atoms with Crippen LogP contribution >= 0.6 is 0 Å². The lowest BCUT2D eigenvalue weighted by atomic mass is 9.86. The number of fused-ring (bicyclic) bond motifs is 5. The van der Waals surface area contributed by atoms with Gasteiger partial charge in [0.2, 0.25) is 0 Å². The molecule has 0 spiro atoms. The quantitative estimate of drug-likeness (QED) is 0.810. The fourth-order valence-electron chi connectivity index (χ4n) is 4.29. The van der Waals surface area contributed by atoms with E-state index in [9.17, 15) is 15.3 Å². The van der Waals surface area contributed by atoms with Crippen molar-refractivity contribution in [3.05, 3.63) is 35.5 Å². The van der Waals surface area contributed by atoms with Crippen LogP contribution in [0.4, 0.5) is 0 Å². The Morgan fingerprint density at radius 3 is 2.75 bits per heavy atom. The first-order valence-electron chi connectivity index (χ1n) is 7.93. The highest BCUT2D eigenvalue weighted by Crippen LogP contribution is 2.48. The summed E-state index contributed by atoms with van der Waals surface area (Å²) in [4.78, 5) is 17.6. The number of carbonyl (C=O) groups is 1. The minimum atomic E-state index is -0.690. The van der Waals surface area contributed by atoms with Crippen LogP contribution in [0.2, 0.25) is 0 Å². The maximum absolute atomic E-state index is 12.2. The van der Waals surface area contributed by atoms with Gasteiger partial charge in [-0.05, 0) is 18.1 Å². The zero-order valence-electron chi connectivity index (χ0n) is 13.2. The lowest BCUT2D eigenvalue weighted by Gasteiger charge is -2.33. The highest BCUT2D eigenvalue weighted by Gasteiger charge is 2.55. The molecule has 2 aromatic rings. The molecule has 4 atom stereocenters. The zero-order valence-corrected chi connectivity index (χ0v) is 13.2. The van der Waals surface area contributed by atoms with E-state index in [1.807, 2.05) is 23.1 Å². The van der Waals surface area contributed by atoms with Crippen molar-refractivity contribution in [3.8, 4) is 12.1 Å². The number of aromatic nitrogens is 1. The standard InChI is InChI=1S/C18H16N4O2/c1-24-18(23)17-13(9-20)12(8-19)16-15-11(6-7-22(16)17)10-4-2-3-5-14(10)21-15/h2-5,12-13,16-17,21H,6-7H2,1H3/t12-,13-,16-,17-/m0/s1. The third-order valence-corrected chi connectivity index (χ3v) is 5.29. The number of carbonyl (C=O) groups excluding carboxylic acids is 1. The largest absolute Gasteiger partial charge is 0.468 e. The number of nitrogens with one attached hydrogen (secondary N) is 1. The van der Waals surface area contributed by atoms with Gasteiger partial charge in [-0.2, -0.15) is 10.5 Å². The van der Waals surface area contributed by atoms with Crippen LogP contribution < -0.4 is 0 Å². The van der Waals surface area contributed by atoms with E-state index in [1.54, 1.807) is 0 Å². The minimum Gasteiger partial charge on any atom is -0.468 e. The van der Waals surface area contributed by atoms with Gasteiger partial charge >= 0.3 is 5.97 Å². The van der Waals surface area contributed by atoms with E-state index < -0.39 is 23.8 Å². The van der Waals surface area contributed by atoms with Crippen molar-refractivity contribution in [3.63, 3.8) is 0 Å². The van der Waals surface area contributed by atoms with Crippen molar-refractivity contribution >= 4 is 16.9 Å². The summed E-state index contributed by atoms with van der Waals surface area (Å²) in [6, 6.07) is 11.5. The smallest absolute Gasteiger partial charge is 0.324 e. The maximum Gasteiger partial charge on any atom is 0.324 e. The number of methoxy groups -OCH3 is 1. The second kappa shape index (κ2) is 5.36. The summed E-state index contributed by atoms with van der Waals surface area (Å²) >= 11 is 0. The van der Waals surface area contributed by atoms with Crippen molar-refractivity contribution in [2.24, 2.45) is 11.8 Å². The van der Waals surface area contributed by atoms with E-state index in [4.69, 9.17) is 4.74 Å². The van der Waals surface area contributed by atoms with E-state index in [1.165, 1.54) is 12.7 Å². The fourth-order valence-corrected chi connectivity index (χ4v) is 4.29. The summed E-state index contributed by atoms with van der Waals surface area (Å²) in [5.41, 5.74) is 3.17. The van der Waals surface area contributed by atoms with Crippen molar-refractivity contribution in [2.45, 2.75) is 18.5 Å². The van der Waals surface area contributed by atoms with Gasteiger partial charge in [0.05, 0.1) is 37.1 Å². The summed E-state index contributed by atoms with van der Waals surface area (Å²) < 4.78 is 4.90. The monoisotopic (exact) mass is 320 g/mol. The van der Waals surface area contributed by atoms with Crippen LogP contribution in [-0.2, 0) is 16.0 Å². The molecule has 4 rings (SSSR count). The molecule has 0 bridgehead atoms. The second-order valence-corrected chi connectivity index (χ2v) is 6.27. The van der Waals surface area contributed by atoms with Crippen LogP contribution in [-0.4, -0.2) is 35.5 Å². The first kappa shape index (κ1) is 14.7. The summed E-state index contributed by atoms with van der Waals surface area (Å²) in [6.07, 6.45) is 0.777. The molecule has 1 aromatic heterocycles. The molecule has 2 aliphatic heterocycles. The van der Waals surface area contributed by atoms with Crippen LogP contribution in [0.3, 0.4) is 0 Å². The maximum atomic E-state index is 12.2. The molecular formula is C18H16N4O2. The SMILES string of the molecule is COC(=O)[C@@H]1[C@@H](C#N)[C@H](C#N)[C@H]2c3[nH]c4ccccc4c3CCN12. The number of benzene rings is 1. The summed E-state index contributed by atoms with van der Waals surface area (Å²) in [5, 5.41) is 20.4. The molecule has 120 valence electrons. The van der Waals surface area contributed by atoms with Gasteiger partial charge in [0.25, 0.3) is 0 Å². The third-order valence-electron chi connectivity index (χ3n) is 5.29. The molecule has 0 unspecified atom stereocenters. The minimum absolute atomic E-state index is 0.278. The predicted octanol–water partition coefficient (Wildman–Crippen LogP) is 1.90. The topological polar surface area (TPSA) is 92.9 Å². The van der Waals surface area contributed by atoms with Crippen LogP contribution in [0.5, 0.6) is 0 Å². The van der Waals surface area contributed by atoms with Gasteiger partial charge in [-0.15, -0.1) is 0 Å². The number of ether oxygens (including phenoxy) is 1. The van der Waals surface area contributed by atoms with Gasteiger partial charge < -0.3 is 9.72 Å². The Kier molecular flexibility index (Phi) is 3.30. The number of hydrogen-bond acceptors (Lipinski definition) is 5. The Morgan fingerprint density at radius 1 is 1.29 bits per heavy atom. The molecule has 24 heavy (non-hydrogen) atoms. The average Bonchev–Trinajstić information content (AvgIpc) is 3.15. The Bertz CT molecular complexity index is 904. The number of hydrogen-bond donors (Lipinski definition) is 1. The number of aromatic amines is 1. The Morgan fingerprint density at radius 2 is 2.04 bits per heavy atom. The molecule has 0 aliphatic carbocycles. The molecule has 3 heterocycles. The first-order chi connectivity index (χ1) is 11.7. The number of rotatable bonds is 1. The zero-order chi connectivity index (χ0) is 16.8. The van der Waals surface area contributed by atoms with Crippen molar-refractivity contribution in [2.75, 3.05) is 13.7 Å². The molecule has 0 saturated carbocycles. The van der Waals surface area contributed by atoms with Gasteiger partial charge in [0, 0.05) is 23.1 Å². The fraction of sp³-hybridized carbons (Fsp3) is 0.389.